The zero-order valence-corrected chi connectivity index (χ0v) is 13.9. The summed E-state index contributed by atoms with van der Waals surface area (Å²) in [5, 5.41) is 14.3. The second-order valence-electron chi connectivity index (χ2n) is 5.34. The zero-order chi connectivity index (χ0) is 16.5. The third-order valence-electron chi connectivity index (χ3n) is 3.75. The summed E-state index contributed by atoms with van der Waals surface area (Å²) in [6, 6.07) is 2.97. The maximum atomic E-state index is 11.6. The van der Waals surface area contributed by atoms with E-state index in [-0.39, 0.29) is 22.4 Å². The van der Waals surface area contributed by atoms with E-state index < -0.39 is 14.9 Å². The van der Waals surface area contributed by atoms with Crippen molar-refractivity contribution in [2.45, 2.75) is 13.8 Å². The van der Waals surface area contributed by atoms with Crippen molar-refractivity contribution in [1.29, 1.82) is 0 Å². The number of aryl methyl sites for hydroxylation is 1. The van der Waals surface area contributed by atoms with Gasteiger partial charge in [-0.1, -0.05) is 11.6 Å². The third-order valence-corrected chi connectivity index (χ3v) is 5.87. The van der Waals surface area contributed by atoms with Crippen LogP contribution in [0.3, 0.4) is 0 Å². The van der Waals surface area contributed by atoms with Gasteiger partial charge in [-0.2, -0.15) is 0 Å². The zero-order valence-electron chi connectivity index (χ0n) is 12.4. The molecule has 1 aromatic rings. The van der Waals surface area contributed by atoms with Gasteiger partial charge in [-0.05, 0) is 19.9 Å². The van der Waals surface area contributed by atoms with Crippen molar-refractivity contribution in [2.75, 3.05) is 30.7 Å². The van der Waals surface area contributed by atoms with E-state index in [1.807, 2.05) is 0 Å². The molecule has 0 aliphatic carbocycles. The standard InChI is InChI=1S/C13H18ClN3O4S/c1-3-22(20,21)16-7-10(8-16)6-15-12-4-9(2)13(17(18)19)5-11(12)14/h4-5,10,15H,3,6-8H2,1-2H3. The molecule has 0 radical (unpaired) electrons. The molecule has 0 amide bonds. The van der Waals surface area contributed by atoms with Gasteiger partial charge in [-0.25, -0.2) is 12.7 Å². The number of halogens is 1. The average molecular weight is 348 g/mol. The Hall–Kier alpha value is -1.38. The molecule has 7 nitrogen and oxygen atoms in total. The van der Waals surface area contributed by atoms with Crippen LogP contribution in [-0.4, -0.2) is 43.0 Å². The normalized spacial score (nSPS) is 16.3. The topological polar surface area (TPSA) is 92.6 Å². The molecule has 0 bridgehead atoms. The number of anilines is 1. The summed E-state index contributed by atoms with van der Waals surface area (Å²) in [6.07, 6.45) is 0. The van der Waals surface area contributed by atoms with Crippen molar-refractivity contribution in [1.82, 2.24) is 4.31 Å². The lowest BCUT2D eigenvalue weighted by molar-refractivity contribution is -0.385. The summed E-state index contributed by atoms with van der Waals surface area (Å²) in [7, 11) is -3.10. The highest BCUT2D eigenvalue weighted by atomic mass is 35.5. The van der Waals surface area contributed by atoms with Gasteiger partial charge in [-0.3, -0.25) is 10.1 Å². The summed E-state index contributed by atoms with van der Waals surface area (Å²) in [4.78, 5) is 10.4. The first-order valence-corrected chi connectivity index (χ1v) is 8.89. The van der Waals surface area contributed by atoms with Gasteiger partial charge < -0.3 is 5.32 Å². The Bertz CT molecular complexity index is 687. The molecule has 0 spiro atoms. The van der Waals surface area contributed by atoms with Crippen LogP contribution < -0.4 is 5.32 Å². The second kappa shape index (κ2) is 6.39. The summed E-state index contributed by atoms with van der Waals surface area (Å²) in [6.45, 7) is 4.84. The van der Waals surface area contributed by atoms with E-state index in [0.29, 0.717) is 30.9 Å². The Kier molecular flexibility index (Phi) is 4.93. The summed E-state index contributed by atoms with van der Waals surface area (Å²) in [5.74, 6) is 0.327. The Labute approximate surface area is 134 Å². The monoisotopic (exact) mass is 347 g/mol. The van der Waals surface area contributed by atoms with Gasteiger partial charge in [0.25, 0.3) is 5.69 Å². The molecular weight excluding hydrogens is 330 g/mol. The number of nitrogens with zero attached hydrogens (tertiary/aromatic N) is 2. The van der Waals surface area contributed by atoms with Gasteiger partial charge in [0.2, 0.25) is 10.0 Å². The summed E-state index contributed by atoms with van der Waals surface area (Å²) >= 11 is 6.04. The number of nitro groups is 1. The number of benzene rings is 1. The number of nitrogens with one attached hydrogen (secondary N) is 1. The molecule has 1 saturated heterocycles. The minimum Gasteiger partial charge on any atom is -0.383 e. The number of sulfonamides is 1. The molecule has 1 N–H and O–H groups in total. The van der Waals surface area contributed by atoms with Crippen molar-refractivity contribution in [2.24, 2.45) is 5.92 Å². The molecule has 0 unspecified atom stereocenters. The highest BCUT2D eigenvalue weighted by Gasteiger charge is 2.34. The van der Waals surface area contributed by atoms with Crippen molar-refractivity contribution >= 4 is 33.0 Å². The molecule has 2 rings (SSSR count). The molecule has 1 heterocycles. The third kappa shape index (κ3) is 3.50. The lowest BCUT2D eigenvalue weighted by Crippen LogP contribution is -2.52. The Morgan fingerprint density at radius 2 is 2.09 bits per heavy atom. The van der Waals surface area contributed by atoms with Crippen LogP contribution >= 0.6 is 11.6 Å². The van der Waals surface area contributed by atoms with Crippen molar-refractivity contribution in [3.63, 3.8) is 0 Å². The van der Waals surface area contributed by atoms with Gasteiger partial charge in [0.15, 0.2) is 0 Å². The molecule has 1 fully saturated rings. The van der Waals surface area contributed by atoms with Gasteiger partial charge in [0.1, 0.15) is 0 Å². The first-order valence-electron chi connectivity index (χ1n) is 6.90. The Morgan fingerprint density at radius 3 is 2.64 bits per heavy atom. The van der Waals surface area contributed by atoms with Gasteiger partial charge in [0, 0.05) is 37.2 Å². The number of hydrogen-bond acceptors (Lipinski definition) is 5. The second-order valence-corrected chi connectivity index (χ2v) is 8.00. The fourth-order valence-electron chi connectivity index (χ4n) is 2.32. The van der Waals surface area contributed by atoms with E-state index >= 15 is 0 Å². The Balaban J connectivity index is 1.94. The van der Waals surface area contributed by atoms with E-state index in [4.69, 9.17) is 11.6 Å². The minimum atomic E-state index is -3.10. The van der Waals surface area contributed by atoms with Crippen LogP contribution in [0.4, 0.5) is 11.4 Å². The first kappa shape index (κ1) is 17.0. The van der Waals surface area contributed by atoms with E-state index in [0.717, 1.165) is 0 Å². The van der Waals surface area contributed by atoms with Crippen molar-refractivity contribution in [3.8, 4) is 0 Å². The lowest BCUT2D eigenvalue weighted by Gasteiger charge is -2.38. The smallest absolute Gasteiger partial charge is 0.273 e. The average Bonchev–Trinajstić information content (AvgIpc) is 2.39. The highest BCUT2D eigenvalue weighted by Crippen LogP contribution is 2.31. The number of nitro benzene ring substituents is 1. The van der Waals surface area contributed by atoms with Crippen LogP contribution in [0.5, 0.6) is 0 Å². The molecule has 1 aliphatic rings. The molecule has 0 aromatic heterocycles. The fraction of sp³-hybridized carbons (Fsp3) is 0.538. The van der Waals surface area contributed by atoms with Crippen molar-refractivity contribution in [3.05, 3.63) is 32.8 Å². The maximum absolute atomic E-state index is 11.6. The number of rotatable bonds is 6. The van der Waals surface area contributed by atoms with E-state index in [9.17, 15) is 18.5 Å². The first-order chi connectivity index (χ1) is 10.2. The quantitative estimate of drug-likeness (QED) is 0.629. The summed E-state index contributed by atoms with van der Waals surface area (Å²) < 4.78 is 24.7. The SMILES string of the molecule is CCS(=O)(=O)N1CC(CNc2cc(C)c([N+](=O)[O-])cc2Cl)C1. The van der Waals surface area contributed by atoms with Gasteiger partial charge in [0.05, 0.1) is 21.4 Å². The van der Waals surface area contributed by atoms with E-state index in [2.05, 4.69) is 5.32 Å². The van der Waals surface area contributed by atoms with Crippen LogP contribution in [0.25, 0.3) is 0 Å². The van der Waals surface area contributed by atoms with E-state index in [1.54, 1.807) is 19.9 Å². The largest absolute Gasteiger partial charge is 0.383 e. The molecule has 0 saturated carbocycles. The minimum absolute atomic E-state index is 0.0144. The highest BCUT2D eigenvalue weighted by molar-refractivity contribution is 7.89. The van der Waals surface area contributed by atoms with Crippen LogP contribution in [0.1, 0.15) is 12.5 Å². The van der Waals surface area contributed by atoms with Crippen LogP contribution in [-0.2, 0) is 10.0 Å². The Morgan fingerprint density at radius 1 is 1.45 bits per heavy atom. The number of hydrogen-bond donors (Lipinski definition) is 1. The summed E-state index contributed by atoms with van der Waals surface area (Å²) in [5.41, 5.74) is 1.14. The molecular formula is C13H18ClN3O4S. The molecule has 1 aromatic carbocycles. The van der Waals surface area contributed by atoms with Crippen LogP contribution in [0, 0.1) is 23.0 Å². The molecule has 9 heteroatoms. The molecule has 122 valence electrons. The van der Waals surface area contributed by atoms with Crippen molar-refractivity contribution < 1.29 is 13.3 Å². The van der Waals surface area contributed by atoms with Crippen LogP contribution in [0.15, 0.2) is 12.1 Å². The fourth-order valence-corrected chi connectivity index (χ4v) is 3.78. The predicted octanol–water partition coefficient (Wildman–Crippen LogP) is 2.25. The lowest BCUT2D eigenvalue weighted by atomic mass is 10.0. The molecule has 1 aliphatic heterocycles. The van der Waals surface area contributed by atoms with Crippen LogP contribution in [0.2, 0.25) is 5.02 Å². The van der Waals surface area contributed by atoms with Gasteiger partial charge in [-0.15, -0.1) is 0 Å². The molecule has 22 heavy (non-hydrogen) atoms. The predicted molar refractivity (Wildman–Crippen MR) is 85.9 cm³/mol. The molecule has 0 atom stereocenters. The maximum Gasteiger partial charge on any atom is 0.273 e. The van der Waals surface area contributed by atoms with E-state index in [1.165, 1.54) is 10.4 Å². The van der Waals surface area contributed by atoms with Gasteiger partial charge >= 0.3 is 0 Å².